The predicted molar refractivity (Wildman–Crippen MR) is 68.6 cm³/mol. The zero-order valence-corrected chi connectivity index (χ0v) is 11.2. The summed E-state index contributed by atoms with van der Waals surface area (Å²) in [6.45, 7) is 2.55. The second kappa shape index (κ2) is 6.15. The van der Waals surface area contributed by atoms with E-state index in [1.165, 1.54) is 18.3 Å². The lowest BCUT2D eigenvalue weighted by Crippen LogP contribution is -2.25. The van der Waals surface area contributed by atoms with Crippen LogP contribution in [0.4, 0.5) is 8.78 Å². The zero-order valence-electron chi connectivity index (χ0n) is 10.4. The van der Waals surface area contributed by atoms with Crippen molar-refractivity contribution in [3.8, 4) is 5.75 Å². The van der Waals surface area contributed by atoms with Crippen LogP contribution < -0.4 is 4.74 Å². The van der Waals surface area contributed by atoms with Gasteiger partial charge in [0.25, 0.3) is 0 Å². The maximum Gasteiger partial charge on any atom is 0.387 e. The van der Waals surface area contributed by atoms with Gasteiger partial charge in [-0.05, 0) is 32.9 Å². The van der Waals surface area contributed by atoms with Crippen molar-refractivity contribution in [3.05, 3.63) is 29.8 Å². The minimum atomic E-state index is -2.86. The van der Waals surface area contributed by atoms with Crippen LogP contribution in [0.5, 0.6) is 5.75 Å². The van der Waals surface area contributed by atoms with Crippen molar-refractivity contribution in [1.82, 2.24) is 0 Å². The van der Waals surface area contributed by atoms with Crippen LogP contribution in [0.15, 0.2) is 28.7 Å². The highest BCUT2D eigenvalue weighted by molar-refractivity contribution is 7.91. The number of rotatable bonds is 4. The number of hydrogen-bond acceptors (Lipinski definition) is 3. The Balaban J connectivity index is 2.76. The Morgan fingerprint density at radius 2 is 2.06 bits per heavy atom. The highest BCUT2D eigenvalue weighted by Gasteiger charge is 2.25. The molecule has 0 aromatic heterocycles. The Kier molecular flexibility index (Phi) is 5.10. The molecule has 100 valence electrons. The van der Waals surface area contributed by atoms with Gasteiger partial charge >= 0.3 is 6.61 Å². The van der Waals surface area contributed by atoms with Crippen molar-refractivity contribution < 1.29 is 18.1 Å². The van der Waals surface area contributed by atoms with Crippen LogP contribution in [-0.4, -0.2) is 22.1 Å². The van der Waals surface area contributed by atoms with E-state index in [4.69, 9.17) is 0 Å². The van der Waals surface area contributed by atoms with E-state index in [1.54, 1.807) is 32.9 Å². The fourth-order valence-electron chi connectivity index (χ4n) is 1.04. The summed E-state index contributed by atoms with van der Waals surface area (Å²) in [5.74, 6) is 0.0514. The molecule has 0 saturated carbocycles. The molecule has 6 heteroatoms. The molecule has 3 nitrogen and oxygen atoms in total. The van der Waals surface area contributed by atoms with Crippen molar-refractivity contribution in [1.29, 1.82) is 0 Å². The summed E-state index contributed by atoms with van der Waals surface area (Å²) < 4.78 is 43.4. The number of nitrogens with zero attached hydrogens (tertiary/aromatic N) is 1. The quantitative estimate of drug-likeness (QED) is 0.626. The lowest BCUT2D eigenvalue weighted by molar-refractivity contribution is -0.0498. The topological polar surface area (TPSA) is 44.7 Å². The van der Waals surface area contributed by atoms with Crippen LogP contribution in [0.1, 0.15) is 26.3 Å². The van der Waals surface area contributed by atoms with Crippen molar-refractivity contribution >= 4 is 17.6 Å². The van der Waals surface area contributed by atoms with Crippen molar-refractivity contribution in [2.75, 3.05) is 0 Å². The highest BCUT2D eigenvalue weighted by Crippen LogP contribution is 2.18. The van der Waals surface area contributed by atoms with Crippen LogP contribution in [0.25, 0.3) is 0 Å². The van der Waals surface area contributed by atoms with E-state index >= 15 is 0 Å². The number of ether oxygens (including phenoxy) is 1. The van der Waals surface area contributed by atoms with E-state index in [0.717, 1.165) is 0 Å². The standard InChI is InChI=1S/C12H15F2NO2S/c1-12(2,3)18(16)15-8-9-5-4-6-10(7-9)17-11(13)14/h4-8,11H,1-3H3/b15-8-. The summed E-state index contributed by atoms with van der Waals surface area (Å²) in [6, 6.07) is 6.07. The molecule has 0 fully saturated rings. The number of alkyl halides is 2. The minimum Gasteiger partial charge on any atom is -0.591 e. The molecule has 1 atom stereocenters. The minimum absolute atomic E-state index is 0.0514. The molecule has 0 bridgehead atoms. The third-order valence-corrected chi connectivity index (χ3v) is 3.25. The summed E-state index contributed by atoms with van der Waals surface area (Å²) in [7, 11) is 0. The third-order valence-electron chi connectivity index (χ3n) is 1.90. The average molecular weight is 275 g/mol. The van der Waals surface area contributed by atoms with Gasteiger partial charge in [0, 0.05) is 5.56 Å². The number of hydrogen-bond donors (Lipinski definition) is 0. The largest absolute Gasteiger partial charge is 0.591 e. The molecule has 0 heterocycles. The normalized spacial score (nSPS) is 14.2. The lowest BCUT2D eigenvalue weighted by atomic mass is 10.2. The van der Waals surface area contributed by atoms with Gasteiger partial charge in [-0.1, -0.05) is 16.5 Å². The van der Waals surface area contributed by atoms with Gasteiger partial charge in [0.15, 0.2) is 0 Å². The SMILES string of the molecule is CC(C)(C)[S+]([O-])/N=C\c1cccc(OC(F)F)c1. The molecular weight excluding hydrogens is 260 g/mol. The van der Waals surface area contributed by atoms with Crippen molar-refractivity contribution in [2.24, 2.45) is 4.40 Å². The summed E-state index contributed by atoms with van der Waals surface area (Å²) in [5, 5.41) is 0. The summed E-state index contributed by atoms with van der Waals surface area (Å²) in [5.41, 5.74) is 0.561. The first kappa shape index (κ1) is 14.9. The lowest BCUT2D eigenvalue weighted by Gasteiger charge is -2.17. The van der Waals surface area contributed by atoms with E-state index in [9.17, 15) is 13.3 Å². The first-order valence-corrected chi connectivity index (χ1v) is 6.40. The first-order valence-electron chi connectivity index (χ1n) is 5.30. The molecule has 0 radical (unpaired) electrons. The van der Waals surface area contributed by atoms with Gasteiger partial charge in [-0.3, -0.25) is 0 Å². The molecule has 0 aliphatic heterocycles. The maximum absolute atomic E-state index is 12.0. The Labute approximate surface area is 108 Å². The first-order chi connectivity index (χ1) is 8.29. The Morgan fingerprint density at radius 1 is 1.39 bits per heavy atom. The fraction of sp³-hybridized carbons (Fsp3) is 0.417. The smallest absolute Gasteiger partial charge is 0.387 e. The second-order valence-electron chi connectivity index (χ2n) is 4.55. The van der Waals surface area contributed by atoms with E-state index in [2.05, 4.69) is 9.13 Å². The average Bonchev–Trinajstić information content (AvgIpc) is 2.24. The van der Waals surface area contributed by atoms with Crippen molar-refractivity contribution in [2.45, 2.75) is 32.1 Å². The van der Waals surface area contributed by atoms with Gasteiger partial charge in [-0.25, -0.2) is 0 Å². The van der Waals surface area contributed by atoms with E-state index < -0.39 is 22.7 Å². The molecule has 0 N–H and O–H groups in total. The third kappa shape index (κ3) is 5.01. The second-order valence-corrected chi connectivity index (χ2v) is 6.48. The molecule has 0 amide bonds. The molecule has 0 aliphatic carbocycles. The van der Waals surface area contributed by atoms with Crippen molar-refractivity contribution in [3.63, 3.8) is 0 Å². The van der Waals surface area contributed by atoms with Crippen LogP contribution in [0.3, 0.4) is 0 Å². The van der Waals surface area contributed by atoms with Gasteiger partial charge in [0.2, 0.25) is 0 Å². The Hall–Kier alpha value is -1.14. The molecule has 1 aromatic rings. The van der Waals surface area contributed by atoms with Gasteiger partial charge in [-0.2, -0.15) is 8.78 Å². The molecule has 1 aromatic carbocycles. The number of halogens is 2. The molecule has 1 rings (SSSR count). The molecular formula is C12H15F2NO2S. The van der Waals surface area contributed by atoms with Gasteiger partial charge in [0.1, 0.15) is 21.9 Å². The fourth-order valence-corrected chi connectivity index (χ4v) is 1.57. The molecule has 0 spiro atoms. The Bertz CT molecular complexity index is 419. The van der Waals surface area contributed by atoms with Crippen LogP contribution in [-0.2, 0) is 11.4 Å². The van der Waals surface area contributed by atoms with E-state index in [0.29, 0.717) is 5.56 Å². The summed E-state index contributed by atoms with van der Waals surface area (Å²) in [4.78, 5) is 0. The molecule has 0 saturated heterocycles. The van der Waals surface area contributed by atoms with E-state index in [1.807, 2.05) is 0 Å². The van der Waals surface area contributed by atoms with Crippen LogP contribution in [0, 0.1) is 0 Å². The van der Waals surface area contributed by atoms with Crippen LogP contribution in [0.2, 0.25) is 0 Å². The van der Waals surface area contributed by atoms with E-state index in [-0.39, 0.29) is 5.75 Å². The predicted octanol–water partition coefficient (Wildman–Crippen LogP) is 3.17. The molecule has 18 heavy (non-hydrogen) atoms. The monoisotopic (exact) mass is 275 g/mol. The van der Waals surface area contributed by atoms with Crippen LogP contribution >= 0.6 is 0 Å². The Morgan fingerprint density at radius 3 is 2.61 bits per heavy atom. The van der Waals surface area contributed by atoms with Gasteiger partial charge in [-0.15, -0.1) is 0 Å². The summed E-state index contributed by atoms with van der Waals surface area (Å²) >= 11 is -1.37. The highest BCUT2D eigenvalue weighted by atomic mass is 32.2. The van der Waals surface area contributed by atoms with Gasteiger partial charge < -0.3 is 9.29 Å². The number of benzene rings is 1. The van der Waals surface area contributed by atoms with Gasteiger partial charge in [0.05, 0.1) is 6.21 Å². The summed E-state index contributed by atoms with van der Waals surface area (Å²) in [6.07, 6.45) is 1.39. The zero-order chi connectivity index (χ0) is 13.8. The molecule has 0 aliphatic rings. The maximum atomic E-state index is 12.0. The molecule has 1 unspecified atom stereocenters.